The second-order valence-electron chi connectivity index (χ2n) is 5.48. The van der Waals surface area contributed by atoms with E-state index in [1.807, 2.05) is 41.5 Å². The zero-order chi connectivity index (χ0) is 12.3. The fourth-order valence-electron chi connectivity index (χ4n) is 0.793. The smallest absolute Gasteiger partial charge is 0.319 e. The Morgan fingerprint density at radius 1 is 1.33 bits per heavy atom. The maximum Gasteiger partial charge on any atom is 0.319 e. The molecule has 0 bridgehead atoms. The number of hydrogen-bond acceptors (Lipinski definition) is 4. The van der Waals surface area contributed by atoms with Crippen LogP contribution in [0.3, 0.4) is 0 Å². The van der Waals surface area contributed by atoms with Gasteiger partial charge in [0.15, 0.2) is 0 Å². The van der Waals surface area contributed by atoms with Gasteiger partial charge in [-0.2, -0.15) is 0 Å². The van der Waals surface area contributed by atoms with Crippen LogP contribution >= 0.6 is 11.8 Å². The summed E-state index contributed by atoms with van der Waals surface area (Å²) in [5.41, 5.74) is 5.18. The van der Waals surface area contributed by atoms with Gasteiger partial charge in [0.25, 0.3) is 0 Å². The molecule has 0 fully saturated rings. The summed E-state index contributed by atoms with van der Waals surface area (Å²) >= 11 is 1.53. The highest BCUT2D eigenvalue weighted by Gasteiger charge is 2.23. The van der Waals surface area contributed by atoms with Gasteiger partial charge in [0.1, 0.15) is 5.60 Å². The van der Waals surface area contributed by atoms with Crippen molar-refractivity contribution < 1.29 is 9.53 Å². The molecule has 0 aromatic carbocycles. The molecule has 0 rings (SSSR count). The number of rotatable bonds is 4. The van der Waals surface area contributed by atoms with Crippen LogP contribution in [0.2, 0.25) is 0 Å². The first kappa shape index (κ1) is 14.8. The van der Waals surface area contributed by atoms with Crippen molar-refractivity contribution in [3.8, 4) is 0 Å². The number of hydrogen-bond donors (Lipinski definition) is 1. The quantitative estimate of drug-likeness (QED) is 0.756. The van der Waals surface area contributed by atoms with Crippen LogP contribution < -0.4 is 5.73 Å². The van der Waals surface area contributed by atoms with Gasteiger partial charge in [-0.15, -0.1) is 11.8 Å². The van der Waals surface area contributed by atoms with Gasteiger partial charge in [-0.25, -0.2) is 0 Å². The Hall–Kier alpha value is -0.220. The van der Waals surface area contributed by atoms with E-state index in [-0.39, 0.29) is 16.8 Å². The molecule has 0 heterocycles. The molecule has 15 heavy (non-hydrogen) atoms. The third-order valence-electron chi connectivity index (χ3n) is 1.44. The van der Waals surface area contributed by atoms with Gasteiger partial charge in [0.05, 0.1) is 5.25 Å². The molecule has 0 aromatic heterocycles. The normalized spacial score (nSPS) is 14.9. The number of carbonyl (C=O) groups excluding carboxylic acids is 1. The fraction of sp³-hybridized carbons (Fsp3) is 0.909. The molecule has 0 amide bonds. The molecule has 2 N–H and O–H groups in total. The minimum Gasteiger partial charge on any atom is -0.459 e. The molecule has 1 unspecified atom stereocenters. The molecule has 0 saturated carbocycles. The van der Waals surface area contributed by atoms with Crippen LogP contribution in [0.25, 0.3) is 0 Å². The Kier molecular flexibility index (Phi) is 5.14. The van der Waals surface area contributed by atoms with Gasteiger partial charge in [-0.1, -0.05) is 0 Å². The lowest BCUT2D eigenvalue weighted by Crippen LogP contribution is -2.36. The lowest BCUT2D eigenvalue weighted by molar-refractivity contribution is -0.153. The first-order valence-electron chi connectivity index (χ1n) is 5.15. The molecule has 0 spiro atoms. The van der Waals surface area contributed by atoms with Crippen molar-refractivity contribution in [2.45, 2.75) is 57.9 Å². The Balaban J connectivity index is 4.01. The fourth-order valence-corrected chi connectivity index (χ4v) is 1.66. The van der Waals surface area contributed by atoms with Crippen LogP contribution in [-0.4, -0.2) is 28.1 Å². The lowest BCUT2D eigenvalue weighted by Gasteiger charge is -2.24. The van der Waals surface area contributed by atoms with Crippen LogP contribution in [0, 0.1) is 0 Å². The zero-order valence-electron chi connectivity index (χ0n) is 10.6. The summed E-state index contributed by atoms with van der Waals surface area (Å²) in [7, 11) is 0. The highest BCUT2D eigenvalue weighted by Crippen LogP contribution is 2.19. The molecular formula is C11H23NO2S. The standard InChI is InChI=1S/C11H23NO2S/c1-8(15-7-11(5,6)12)9(13)14-10(2,3)4/h8H,7,12H2,1-6H3. The Morgan fingerprint density at radius 2 is 1.80 bits per heavy atom. The van der Waals surface area contributed by atoms with E-state index in [0.717, 1.165) is 5.75 Å². The molecule has 0 saturated heterocycles. The largest absolute Gasteiger partial charge is 0.459 e. The van der Waals surface area contributed by atoms with Crippen molar-refractivity contribution in [3.05, 3.63) is 0 Å². The Labute approximate surface area is 97.1 Å². The summed E-state index contributed by atoms with van der Waals surface area (Å²) in [6, 6.07) is 0. The van der Waals surface area contributed by atoms with E-state index in [0.29, 0.717) is 0 Å². The minimum absolute atomic E-state index is 0.160. The summed E-state index contributed by atoms with van der Waals surface area (Å²) < 4.78 is 5.26. The highest BCUT2D eigenvalue weighted by molar-refractivity contribution is 8.00. The average molecular weight is 233 g/mol. The summed E-state index contributed by atoms with van der Waals surface area (Å²) in [5, 5.41) is -0.160. The van der Waals surface area contributed by atoms with E-state index in [1.165, 1.54) is 11.8 Å². The molecule has 3 nitrogen and oxygen atoms in total. The summed E-state index contributed by atoms with van der Waals surface area (Å²) in [6.45, 7) is 11.4. The predicted molar refractivity (Wildman–Crippen MR) is 66.0 cm³/mol. The molecule has 0 aliphatic carbocycles. The highest BCUT2D eigenvalue weighted by atomic mass is 32.2. The van der Waals surface area contributed by atoms with Crippen LogP contribution in [0.5, 0.6) is 0 Å². The second kappa shape index (κ2) is 5.21. The molecule has 0 aliphatic rings. The number of thioether (sulfide) groups is 1. The second-order valence-corrected chi connectivity index (χ2v) is 6.80. The third kappa shape index (κ3) is 8.75. The zero-order valence-corrected chi connectivity index (χ0v) is 11.4. The van der Waals surface area contributed by atoms with Gasteiger partial charge in [-0.3, -0.25) is 4.79 Å². The maximum atomic E-state index is 11.6. The first-order chi connectivity index (χ1) is 6.51. The van der Waals surface area contributed by atoms with E-state index >= 15 is 0 Å². The van der Waals surface area contributed by atoms with Gasteiger partial charge in [0.2, 0.25) is 0 Å². The van der Waals surface area contributed by atoms with Crippen molar-refractivity contribution in [1.29, 1.82) is 0 Å². The molecule has 0 aliphatic heterocycles. The SMILES string of the molecule is CC(SCC(C)(C)N)C(=O)OC(C)(C)C. The summed E-state index contributed by atoms with van der Waals surface area (Å²) in [6.07, 6.45) is 0. The molecule has 4 heteroatoms. The number of carbonyl (C=O) groups is 1. The summed E-state index contributed by atoms with van der Waals surface area (Å²) in [5.74, 6) is 0.574. The predicted octanol–water partition coefficient (Wildman–Crippen LogP) is 2.19. The van der Waals surface area contributed by atoms with Crippen molar-refractivity contribution >= 4 is 17.7 Å². The first-order valence-corrected chi connectivity index (χ1v) is 6.19. The Bertz CT molecular complexity index is 216. The Morgan fingerprint density at radius 3 is 2.13 bits per heavy atom. The van der Waals surface area contributed by atoms with Crippen molar-refractivity contribution in [1.82, 2.24) is 0 Å². The molecule has 0 radical (unpaired) electrons. The van der Waals surface area contributed by atoms with Crippen LogP contribution in [0.1, 0.15) is 41.5 Å². The van der Waals surface area contributed by atoms with E-state index in [2.05, 4.69) is 0 Å². The van der Waals surface area contributed by atoms with Crippen molar-refractivity contribution in [2.24, 2.45) is 5.73 Å². The van der Waals surface area contributed by atoms with E-state index < -0.39 is 5.60 Å². The van der Waals surface area contributed by atoms with Crippen LogP contribution in [-0.2, 0) is 9.53 Å². The number of esters is 1. The van der Waals surface area contributed by atoms with Gasteiger partial charge >= 0.3 is 5.97 Å². The minimum atomic E-state index is -0.413. The molecule has 90 valence electrons. The summed E-state index contributed by atoms with van der Waals surface area (Å²) in [4.78, 5) is 11.6. The number of nitrogens with two attached hydrogens (primary N) is 1. The monoisotopic (exact) mass is 233 g/mol. The van der Waals surface area contributed by atoms with Gasteiger partial charge in [-0.05, 0) is 41.5 Å². The van der Waals surface area contributed by atoms with Gasteiger partial charge in [0, 0.05) is 11.3 Å². The molecular weight excluding hydrogens is 210 g/mol. The third-order valence-corrected chi connectivity index (χ3v) is 3.05. The van der Waals surface area contributed by atoms with E-state index in [9.17, 15) is 4.79 Å². The lowest BCUT2D eigenvalue weighted by atomic mass is 10.1. The average Bonchev–Trinajstić information content (AvgIpc) is 1.95. The van der Waals surface area contributed by atoms with E-state index in [1.54, 1.807) is 0 Å². The topological polar surface area (TPSA) is 52.3 Å². The number of ether oxygens (including phenoxy) is 1. The van der Waals surface area contributed by atoms with Crippen molar-refractivity contribution in [2.75, 3.05) is 5.75 Å². The maximum absolute atomic E-state index is 11.6. The molecule has 1 atom stereocenters. The van der Waals surface area contributed by atoms with Crippen molar-refractivity contribution in [3.63, 3.8) is 0 Å². The van der Waals surface area contributed by atoms with Gasteiger partial charge < -0.3 is 10.5 Å². The van der Waals surface area contributed by atoms with E-state index in [4.69, 9.17) is 10.5 Å². The van der Waals surface area contributed by atoms with Crippen LogP contribution in [0.4, 0.5) is 0 Å². The molecule has 0 aromatic rings. The van der Waals surface area contributed by atoms with Crippen LogP contribution in [0.15, 0.2) is 0 Å².